The van der Waals surface area contributed by atoms with Gasteiger partial charge in [-0.05, 0) is 25.2 Å². The van der Waals surface area contributed by atoms with Gasteiger partial charge in [0.15, 0.2) is 0 Å². The average Bonchev–Trinajstić information content (AvgIpc) is 2.67. The van der Waals surface area contributed by atoms with Crippen molar-refractivity contribution in [3.63, 3.8) is 0 Å². The first-order valence-corrected chi connectivity index (χ1v) is 8.40. The Morgan fingerprint density at radius 1 is 1.40 bits per heavy atom. The molecule has 0 amide bonds. The zero-order valence-corrected chi connectivity index (χ0v) is 15.0. The molecule has 7 heteroatoms. The van der Waals surface area contributed by atoms with Gasteiger partial charge in [0.2, 0.25) is 5.95 Å². The van der Waals surface area contributed by atoms with Gasteiger partial charge in [-0.3, -0.25) is 4.90 Å². The fourth-order valence-corrected chi connectivity index (χ4v) is 2.73. The second-order valence-electron chi connectivity index (χ2n) is 6.09. The quantitative estimate of drug-likeness (QED) is 0.860. The van der Waals surface area contributed by atoms with Crippen LogP contribution in [0.5, 0.6) is 5.75 Å². The molecule has 0 spiro atoms. The van der Waals surface area contributed by atoms with Gasteiger partial charge in [-0.1, -0.05) is 6.07 Å². The molecule has 1 N–H and O–H groups in total. The molecule has 1 aromatic heterocycles. The van der Waals surface area contributed by atoms with E-state index < -0.39 is 0 Å². The van der Waals surface area contributed by atoms with Gasteiger partial charge >= 0.3 is 0 Å². The van der Waals surface area contributed by atoms with Crippen molar-refractivity contribution in [3.05, 3.63) is 36.5 Å². The van der Waals surface area contributed by atoms with Gasteiger partial charge in [0.25, 0.3) is 0 Å². The van der Waals surface area contributed by atoms with Gasteiger partial charge in [0.1, 0.15) is 11.6 Å². The molecule has 2 aromatic rings. The molecule has 0 radical (unpaired) electrons. The summed E-state index contributed by atoms with van der Waals surface area (Å²) in [5, 5.41) is 3.32. The third-order valence-electron chi connectivity index (χ3n) is 4.44. The number of hydrogen-bond donors (Lipinski definition) is 1. The van der Waals surface area contributed by atoms with Crippen LogP contribution in [0.3, 0.4) is 0 Å². The largest absolute Gasteiger partial charge is 0.497 e. The van der Waals surface area contributed by atoms with Gasteiger partial charge in [-0.2, -0.15) is 4.98 Å². The standard InChI is InChI=1S/C18H25N5O2/c1-22-9-10-25-13-15(22)12-20-18-19-8-7-17(21-18)23(2)14-5-4-6-16(11-14)24-3/h4-8,11,15H,9-10,12-13H2,1-3H3,(H,19,20,21). The van der Waals surface area contributed by atoms with Crippen molar-refractivity contribution in [3.8, 4) is 5.75 Å². The Morgan fingerprint density at radius 3 is 3.08 bits per heavy atom. The fourth-order valence-electron chi connectivity index (χ4n) is 2.73. The molecule has 1 saturated heterocycles. The Balaban J connectivity index is 1.68. The zero-order chi connectivity index (χ0) is 17.6. The maximum absolute atomic E-state index is 5.54. The maximum atomic E-state index is 5.54. The molecule has 2 heterocycles. The molecule has 1 aliphatic rings. The van der Waals surface area contributed by atoms with Crippen LogP contribution in [0.2, 0.25) is 0 Å². The first-order chi connectivity index (χ1) is 12.2. The number of likely N-dealkylation sites (N-methyl/N-ethyl adjacent to an activating group) is 1. The monoisotopic (exact) mass is 343 g/mol. The van der Waals surface area contributed by atoms with E-state index in [0.29, 0.717) is 12.0 Å². The molecule has 25 heavy (non-hydrogen) atoms. The van der Waals surface area contributed by atoms with E-state index in [1.165, 1.54) is 0 Å². The van der Waals surface area contributed by atoms with E-state index in [2.05, 4.69) is 27.2 Å². The van der Waals surface area contributed by atoms with Gasteiger partial charge in [-0.15, -0.1) is 0 Å². The highest BCUT2D eigenvalue weighted by Crippen LogP contribution is 2.25. The molecule has 1 fully saturated rings. The summed E-state index contributed by atoms with van der Waals surface area (Å²) in [6.07, 6.45) is 1.77. The molecule has 1 aromatic carbocycles. The molecule has 0 saturated carbocycles. The fraction of sp³-hybridized carbons (Fsp3) is 0.444. The lowest BCUT2D eigenvalue weighted by Crippen LogP contribution is -2.46. The lowest BCUT2D eigenvalue weighted by molar-refractivity contribution is 0.0109. The van der Waals surface area contributed by atoms with Crippen molar-refractivity contribution in [1.29, 1.82) is 0 Å². The minimum absolute atomic E-state index is 0.331. The molecule has 3 rings (SSSR count). The summed E-state index contributed by atoms with van der Waals surface area (Å²) < 4.78 is 10.8. The number of benzene rings is 1. The number of ether oxygens (including phenoxy) is 2. The smallest absolute Gasteiger partial charge is 0.224 e. The van der Waals surface area contributed by atoms with Crippen LogP contribution in [0, 0.1) is 0 Å². The molecule has 1 unspecified atom stereocenters. The zero-order valence-electron chi connectivity index (χ0n) is 15.0. The summed E-state index contributed by atoms with van der Waals surface area (Å²) in [7, 11) is 5.75. The maximum Gasteiger partial charge on any atom is 0.224 e. The van der Waals surface area contributed by atoms with Gasteiger partial charge < -0.3 is 19.7 Å². The number of aromatic nitrogens is 2. The molecule has 0 aliphatic carbocycles. The second-order valence-corrected chi connectivity index (χ2v) is 6.09. The third-order valence-corrected chi connectivity index (χ3v) is 4.44. The molecule has 1 aliphatic heterocycles. The van der Waals surface area contributed by atoms with Crippen LogP contribution in [0.25, 0.3) is 0 Å². The summed E-state index contributed by atoms with van der Waals surface area (Å²) in [5.41, 5.74) is 1.00. The van der Waals surface area contributed by atoms with Crippen molar-refractivity contribution in [1.82, 2.24) is 14.9 Å². The number of rotatable bonds is 6. The Labute approximate surface area is 148 Å². The van der Waals surface area contributed by atoms with Crippen LogP contribution in [-0.4, -0.2) is 68.4 Å². The SMILES string of the molecule is COc1cccc(N(C)c2ccnc(NCC3COCCN3C)n2)c1. The minimum atomic E-state index is 0.331. The van der Waals surface area contributed by atoms with Gasteiger partial charge in [0.05, 0.1) is 26.4 Å². The van der Waals surface area contributed by atoms with Crippen LogP contribution < -0.4 is 15.0 Å². The number of hydrogen-bond acceptors (Lipinski definition) is 7. The highest BCUT2D eigenvalue weighted by Gasteiger charge is 2.19. The number of morpholine rings is 1. The van der Waals surface area contributed by atoms with Crippen LogP contribution in [0.15, 0.2) is 36.5 Å². The lowest BCUT2D eigenvalue weighted by atomic mass is 10.2. The van der Waals surface area contributed by atoms with E-state index in [-0.39, 0.29) is 0 Å². The highest BCUT2D eigenvalue weighted by atomic mass is 16.5. The minimum Gasteiger partial charge on any atom is -0.497 e. The van der Waals surface area contributed by atoms with Crippen LogP contribution in [0.4, 0.5) is 17.5 Å². The molecular weight excluding hydrogens is 318 g/mol. The van der Waals surface area contributed by atoms with Gasteiger partial charge in [-0.25, -0.2) is 4.98 Å². The number of nitrogens with one attached hydrogen (secondary N) is 1. The van der Waals surface area contributed by atoms with E-state index >= 15 is 0 Å². The van der Waals surface area contributed by atoms with Crippen molar-refractivity contribution in [2.24, 2.45) is 0 Å². The predicted molar refractivity (Wildman–Crippen MR) is 98.8 cm³/mol. The number of nitrogens with zero attached hydrogens (tertiary/aromatic N) is 4. The highest BCUT2D eigenvalue weighted by molar-refractivity contribution is 5.61. The molecule has 0 bridgehead atoms. The summed E-state index contributed by atoms with van der Waals surface area (Å²) in [6.45, 7) is 3.23. The second kappa shape index (κ2) is 8.13. The van der Waals surface area contributed by atoms with E-state index in [1.54, 1.807) is 13.3 Å². The van der Waals surface area contributed by atoms with Crippen LogP contribution >= 0.6 is 0 Å². The molecule has 1 atom stereocenters. The summed E-state index contributed by atoms with van der Waals surface area (Å²) in [6, 6.07) is 10.1. The third kappa shape index (κ3) is 4.37. The summed E-state index contributed by atoms with van der Waals surface area (Å²) >= 11 is 0. The molecule has 134 valence electrons. The number of anilines is 3. The summed E-state index contributed by atoms with van der Waals surface area (Å²) in [4.78, 5) is 13.2. The number of methoxy groups -OCH3 is 1. The molecule has 7 nitrogen and oxygen atoms in total. The first-order valence-electron chi connectivity index (χ1n) is 8.40. The first kappa shape index (κ1) is 17.4. The van der Waals surface area contributed by atoms with Crippen molar-refractivity contribution >= 4 is 17.5 Å². The Hall–Kier alpha value is -2.38. The topological polar surface area (TPSA) is 62.8 Å². The van der Waals surface area contributed by atoms with Crippen molar-refractivity contribution < 1.29 is 9.47 Å². The van der Waals surface area contributed by atoms with E-state index in [0.717, 1.165) is 43.6 Å². The predicted octanol–water partition coefficient (Wildman–Crippen LogP) is 2.00. The van der Waals surface area contributed by atoms with Gasteiger partial charge in [0, 0.05) is 38.1 Å². The van der Waals surface area contributed by atoms with E-state index in [4.69, 9.17) is 9.47 Å². The Bertz CT molecular complexity index is 697. The Kier molecular flexibility index (Phi) is 5.67. The van der Waals surface area contributed by atoms with Crippen molar-refractivity contribution in [2.75, 3.05) is 57.7 Å². The lowest BCUT2D eigenvalue weighted by Gasteiger charge is -2.32. The van der Waals surface area contributed by atoms with E-state index in [1.807, 2.05) is 42.3 Å². The van der Waals surface area contributed by atoms with Crippen molar-refractivity contribution in [2.45, 2.75) is 6.04 Å². The van der Waals surface area contributed by atoms with Crippen LogP contribution in [-0.2, 0) is 4.74 Å². The molecular formula is C18H25N5O2. The van der Waals surface area contributed by atoms with Crippen LogP contribution in [0.1, 0.15) is 0 Å². The normalized spacial score (nSPS) is 18.0. The summed E-state index contributed by atoms with van der Waals surface area (Å²) in [5.74, 6) is 2.25. The van der Waals surface area contributed by atoms with E-state index in [9.17, 15) is 0 Å². The Morgan fingerprint density at radius 2 is 2.28 bits per heavy atom. The average molecular weight is 343 g/mol.